The molecule has 2 aliphatic heterocycles. The number of likely N-dealkylation sites (tertiary alicyclic amines) is 2. The Bertz CT molecular complexity index is 785. The van der Waals surface area contributed by atoms with Crippen molar-refractivity contribution in [3.05, 3.63) is 71.3 Å². The third kappa shape index (κ3) is 5.66. The van der Waals surface area contributed by atoms with Gasteiger partial charge < -0.3 is 0 Å². The number of rotatable bonds is 4. The molecule has 2 heterocycles. The maximum atomic E-state index is 12.7. The molecule has 4 rings (SSSR count). The van der Waals surface area contributed by atoms with Crippen molar-refractivity contribution in [2.24, 2.45) is 11.8 Å². The number of benzene rings is 2. The molecule has 0 aliphatic carbocycles. The van der Waals surface area contributed by atoms with E-state index in [4.69, 9.17) is 0 Å². The number of hydrogen-bond donors (Lipinski definition) is 0. The molecule has 0 radical (unpaired) electrons. The molecule has 2 nitrogen and oxygen atoms in total. The Morgan fingerprint density at radius 1 is 0.897 bits per heavy atom. The van der Waals surface area contributed by atoms with Gasteiger partial charge in [0.25, 0.3) is 0 Å². The van der Waals surface area contributed by atoms with E-state index in [0.29, 0.717) is 23.4 Å². The van der Waals surface area contributed by atoms with Gasteiger partial charge in [0.1, 0.15) is 0 Å². The second-order valence-corrected chi connectivity index (χ2v) is 8.03. The van der Waals surface area contributed by atoms with Crippen LogP contribution in [0.1, 0.15) is 22.7 Å². The van der Waals surface area contributed by atoms with Crippen LogP contribution in [0.15, 0.2) is 54.6 Å². The highest BCUT2D eigenvalue weighted by Crippen LogP contribution is 2.44. The van der Waals surface area contributed by atoms with Crippen molar-refractivity contribution in [1.82, 2.24) is 9.80 Å². The molecular formula is C22H27Cl2F3N2. The lowest BCUT2D eigenvalue weighted by Crippen LogP contribution is -2.28. The summed E-state index contributed by atoms with van der Waals surface area (Å²) in [7, 11) is 2.20. The first-order valence-corrected chi connectivity index (χ1v) is 9.51. The van der Waals surface area contributed by atoms with Gasteiger partial charge in [-0.2, -0.15) is 13.2 Å². The summed E-state index contributed by atoms with van der Waals surface area (Å²) in [5, 5.41) is 0. The van der Waals surface area contributed by atoms with Crippen LogP contribution in [0.4, 0.5) is 13.2 Å². The van der Waals surface area contributed by atoms with Crippen molar-refractivity contribution in [2.75, 3.05) is 26.7 Å². The molecule has 0 aromatic heterocycles. The van der Waals surface area contributed by atoms with Crippen LogP contribution in [0.2, 0.25) is 0 Å². The summed E-state index contributed by atoms with van der Waals surface area (Å²) in [6.07, 6.45) is -5.01. The van der Waals surface area contributed by atoms with Crippen LogP contribution >= 0.6 is 24.8 Å². The Kier molecular flexibility index (Phi) is 8.02. The molecule has 160 valence electrons. The number of alkyl halides is 3. The van der Waals surface area contributed by atoms with Crippen LogP contribution in [0, 0.1) is 11.8 Å². The summed E-state index contributed by atoms with van der Waals surface area (Å²) in [6, 6.07) is 18.0. The highest BCUT2D eigenvalue weighted by atomic mass is 35.5. The Morgan fingerprint density at radius 2 is 1.59 bits per heavy atom. The summed E-state index contributed by atoms with van der Waals surface area (Å²) in [6.45, 7) is 3.82. The summed E-state index contributed by atoms with van der Waals surface area (Å²) in [4.78, 5) is 4.86. The van der Waals surface area contributed by atoms with Gasteiger partial charge in [-0.1, -0.05) is 54.6 Å². The number of halogens is 5. The van der Waals surface area contributed by atoms with Crippen molar-refractivity contribution in [3.63, 3.8) is 0 Å². The quantitative estimate of drug-likeness (QED) is 0.622. The Balaban J connectivity index is 0.00000150. The first-order valence-electron chi connectivity index (χ1n) is 9.51. The first kappa shape index (κ1) is 24.0. The molecule has 0 spiro atoms. The lowest BCUT2D eigenvalue weighted by Gasteiger charge is -2.27. The zero-order valence-corrected chi connectivity index (χ0v) is 17.9. The van der Waals surface area contributed by atoms with E-state index in [0.717, 1.165) is 31.7 Å². The van der Waals surface area contributed by atoms with E-state index in [1.54, 1.807) is 18.2 Å². The zero-order chi connectivity index (χ0) is 19.0. The van der Waals surface area contributed by atoms with Crippen LogP contribution in [0.3, 0.4) is 0 Å². The molecule has 2 aromatic carbocycles. The molecule has 3 atom stereocenters. The number of fused-ring (bicyclic) bond motifs is 1. The van der Waals surface area contributed by atoms with E-state index in [2.05, 4.69) is 41.1 Å². The van der Waals surface area contributed by atoms with Gasteiger partial charge in [-0.25, -0.2) is 0 Å². The standard InChI is InChI=1S/C22H25F3N2.2ClH/c1-26-13-19-14-27(15-20(19)21(26)18-8-3-2-4-9-18)12-17-7-5-6-16(10-17)11-22(23,24)25;;/h2-10,19-21H,11-15H2,1H3;2*1H/t19-,20+,21-;;/m0../s1. The summed E-state index contributed by atoms with van der Waals surface area (Å²) < 4.78 is 38.0. The Labute approximate surface area is 182 Å². The second kappa shape index (κ2) is 9.69. The van der Waals surface area contributed by atoms with Gasteiger partial charge in [-0.3, -0.25) is 9.80 Å². The predicted octanol–water partition coefficient (Wildman–Crippen LogP) is 5.37. The molecule has 0 N–H and O–H groups in total. The minimum Gasteiger partial charge on any atom is -0.299 e. The monoisotopic (exact) mass is 446 g/mol. The topological polar surface area (TPSA) is 6.48 Å². The SMILES string of the molecule is CN1C[C@H]2CN(Cc3cccc(CC(F)(F)F)c3)C[C@H]2[C@@H]1c1ccccc1.Cl.Cl. The van der Waals surface area contributed by atoms with Crippen LogP contribution in [0.5, 0.6) is 0 Å². The second-order valence-electron chi connectivity index (χ2n) is 8.03. The van der Waals surface area contributed by atoms with Crippen LogP contribution in [0.25, 0.3) is 0 Å². The van der Waals surface area contributed by atoms with Gasteiger partial charge in [-0.05, 0) is 35.6 Å². The van der Waals surface area contributed by atoms with E-state index in [1.807, 2.05) is 12.1 Å². The van der Waals surface area contributed by atoms with E-state index in [1.165, 1.54) is 5.56 Å². The fraction of sp³-hybridized carbons (Fsp3) is 0.455. The highest BCUT2D eigenvalue weighted by molar-refractivity contribution is 5.85. The average molecular weight is 447 g/mol. The van der Waals surface area contributed by atoms with Crippen LogP contribution in [-0.4, -0.2) is 42.7 Å². The first-order chi connectivity index (χ1) is 12.9. The third-order valence-corrected chi connectivity index (χ3v) is 5.91. The molecule has 0 unspecified atom stereocenters. The molecule has 0 saturated carbocycles. The van der Waals surface area contributed by atoms with Gasteiger partial charge in [0.2, 0.25) is 0 Å². The van der Waals surface area contributed by atoms with Gasteiger partial charge >= 0.3 is 6.18 Å². The van der Waals surface area contributed by atoms with E-state index in [-0.39, 0.29) is 24.8 Å². The van der Waals surface area contributed by atoms with Crippen molar-refractivity contribution >= 4 is 24.8 Å². The number of nitrogens with zero attached hydrogens (tertiary/aromatic N) is 2. The fourth-order valence-electron chi connectivity index (χ4n) is 4.96. The summed E-state index contributed by atoms with van der Waals surface area (Å²) in [5.41, 5.74) is 2.68. The predicted molar refractivity (Wildman–Crippen MR) is 115 cm³/mol. The molecule has 7 heteroatoms. The Hall–Kier alpha value is -1.27. The smallest absolute Gasteiger partial charge is 0.299 e. The maximum Gasteiger partial charge on any atom is 0.393 e. The van der Waals surface area contributed by atoms with Crippen molar-refractivity contribution < 1.29 is 13.2 Å². The molecule has 0 bridgehead atoms. The van der Waals surface area contributed by atoms with Crippen molar-refractivity contribution in [2.45, 2.75) is 25.2 Å². The minimum absolute atomic E-state index is 0. The van der Waals surface area contributed by atoms with Crippen molar-refractivity contribution in [1.29, 1.82) is 0 Å². The normalized spacial score (nSPS) is 24.6. The van der Waals surface area contributed by atoms with Gasteiger partial charge in [0.05, 0.1) is 6.42 Å². The Morgan fingerprint density at radius 3 is 2.28 bits per heavy atom. The molecule has 0 amide bonds. The zero-order valence-electron chi connectivity index (χ0n) is 16.3. The van der Waals surface area contributed by atoms with E-state index < -0.39 is 12.6 Å². The molecule has 2 aromatic rings. The molecule has 2 saturated heterocycles. The van der Waals surface area contributed by atoms with Gasteiger partial charge in [0, 0.05) is 32.2 Å². The van der Waals surface area contributed by atoms with Gasteiger partial charge in [-0.15, -0.1) is 24.8 Å². The average Bonchev–Trinajstić information content (AvgIpc) is 3.10. The lowest BCUT2D eigenvalue weighted by atomic mass is 9.90. The molecule has 2 aliphatic rings. The third-order valence-electron chi connectivity index (χ3n) is 5.91. The highest BCUT2D eigenvalue weighted by Gasteiger charge is 2.45. The maximum absolute atomic E-state index is 12.7. The van der Waals surface area contributed by atoms with E-state index >= 15 is 0 Å². The molecule has 29 heavy (non-hydrogen) atoms. The van der Waals surface area contributed by atoms with E-state index in [9.17, 15) is 13.2 Å². The van der Waals surface area contributed by atoms with Crippen LogP contribution in [-0.2, 0) is 13.0 Å². The largest absolute Gasteiger partial charge is 0.393 e. The van der Waals surface area contributed by atoms with Crippen LogP contribution < -0.4 is 0 Å². The molecular weight excluding hydrogens is 420 g/mol. The lowest BCUT2D eigenvalue weighted by molar-refractivity contribution is -0.127. The van der Waals surface area contributed by atoms with Crippen molar-refractivity contribution in [3.8, 4) is 0 Å². The summed E-state index contributed by atoms with van der Waals surface area (Å²) in [5.74, 6) is 1.20. The number of hydrogen-bond acceptors (Lipinski definition) is 2. The molecule has 2 fully saturated rings. The van der Waals surface area contributed by atoms with Gasteiger partial charge in [0.15, 0.2) is 0 Å². The minimum atomic E-state index is -4.16. The summed E-state index contributed by atoms with van der Waals surface area (Å²) >= 11 is 0. The fourth-order valence-corrected chi connectivity index (χ4v) is 4.96.